The smallest absolute Gasteiger partial charge is 0.135 e. The molecule has 0 amide bonds. The molecular weight excluding hydrogens is 196 g/mol. The lowest BCUT2D eigenvalue weighted by molar-refractivity contribution is 0.880. The molecule has 0 spiro atoms. The van der Waals surface area contributed by atoms with Gasteiger partial charge in [-0.25, -0.2) is 4.68 Å². The third-order valence-corrected chi connectivity index (χ3v) is 2.61. The van der Waals surface area contributed by atoms with E-state index in [1.54, 1.807) is 10.9 Å². The molecule has 0 radical (unpaired) electrons. The van der Waals surface area contributed by atoms with E-state index in [-0.39, 0.29) is 0 Å². The van der Waals surface area contributed by atoms with Gasteiger partial charge in [0.1, 0.15) is 5.15 Å². The van der Waals surface area contributed by atoms with Crippen LogP contribution in [0.5, 0.6) is 0 Å². The topological polar surface area (TPSA) is 17.8 Å². The number of aryl methyl sites for hydroxylation is 2. The molecule has 3 heteroatoms. The molecule has 0 aliphatic rings. The molecule has 0 aliphatic heterocycles. The highest BCUT2D eigenvalue weighted by Gasteiger charge is 2.05. The van der Waals surface area contributed by atoms with Crippen LogP contribution in [0.2, 0.25) is 5.15 Å². The molecule has 0 atom stereocenters. The van der Waals surface area contributed by atoms with Crippen molar-refractivity contribution in [1.29, 1.82) is 0 Å². The van der Waals surface area contributed by atoms with E-state index in [1.165, 1.54) is 5.56 Å². The number of hydrogen-bond acceptors (Lipinski definition) is 1. The molecule has 2 nitrogen and oxygen atoms in total. The first kappa shape index (κ1) is 9.28. The number of benzene rings is 1. The molecule has 0 aliphatic carbocycles. The first-order valence-electron chi connectivity index (χ1n) is 4.45. The van der Waals surface area contributed by atoms with E-state index in [4.69, 9.17) is 11.6 Å². The predicted molar refractivity (Wildman–Crippen MR) is 58.0 cm³/mol. The number of aromatic nitrogens is 2. The quantitative estimate of drug-likeness (QED) is 0.701. The van der Waals surface area contributed by atoms with E-state index < -0.39 is 0 Å². The lowest BCUT2D eigenvalue weighted by atomic mass is 10.2. The van der Waals surface area contributed by atoms with Crippen molar-refractivity contribution in [3.8, 4) is 5.69 Å². The summed E-state index contributed by atoms with van der Waals surface area (Å²) in [6.45, 7) is 4.00. The molecular formula is C11H11ClN2. The van der Waals surface area contributed by atoms with Gasteiger partial charge < -0.3 is 0 Å². The van der Waals surface area contributed by atoms with E-state index in [2.05, 4.69) is 12.0 Å². The van der Waals surface area contributed by atoms with Gasteiger partial charge in [0.05, 0.1) is 11.9 Å². The highest BCUT2D eigenvalue weighted by atomic mass is 35.5. The number of hydrogen-bond donors (Lipinski definition) is 0. The minimum Gasteiger partial charge on any atom is -0.222 e. The Morgan fingerprint density at radius 2 is 1.79 bits per heavy atom. The monoisotopic (exact) mass is 206 g/mol. The molecule has 0 N–H and O–H groups in total. The average Bonchev–Trinajstić information content (AvgIpc) is 2.50. The number of nitrogens with zero attached hydrogens (tertiary/aromatic N) is 2. The SMILES string of the molecule is Cc1ccc(-n2ncc(C)c2Cl)cc1. The highest BCUT2D eigenvalue weighted by Crippen LogP contribution is 2.19. The highest BCUT2D eigenvalue weighted by molar-refractivity contribution is 6.30. The minimum absolute atomic E-state index is 0.675. The summed E-state index contributed by atoms with van der Waals surface area (Å²) in [7, 11) is 0. The van der Waals surface area contributed by atoms with Gasteiger partial charge in [0.2, 0.25) is 0 Å². The molecule has 0 bridgehead atoms. The zero-order chi connectivity index (χ0) is 10.1. The van der Waals surface area contributed by atoms with Crippen molar-refractivity contribution in [2.24, 2.45) is 0 Å². The van der Waals surface area contributed by atoms with Crippen LogP contribution in [0.4, 0.5) is 0 Å². The average molecular weight is 207 g/mol. The maximum Gasteiger partial charge on any atom is 0.135 e. The fourth-order valence-corrected chi connectivity index (χ4v) is 1.47. The lowest BCUT2D eigenvalue weighted by Crippen LogP contribution is -1.95. The molecule has 1 aromatic carbocycles. The Kier molecular flexibility index (Phi) is 2.30. The summed E-state index contributed by atoms with van der Waals surface area (Å²) in [6.07, 6.45) is 1.77. The van der Waals surface area contributed by atoms with Crippen molar-refractivity contribution in [3.63, 3.8) is 0 Å². The van der Waals surface area contributed by atoms with Crippen LogP contribution < -0.4 is 0 Å². The summed E-state index contributed by atoms with van der Waals surface area (Å²) >= 11 is 6.08. The summed E-state index contributed by atoms with van der Waals surface area (Å²) in [5.41, 5.74) is 3.22. The first-order chi connectivity index (χ1) is 6.68. The normalized spacial score (nSPS) is 10.5. The Hall–Kier alpha value is -1.28. The summed E-state index contributed by atoms with van der Waals surface area (Å²) in [5.74, 6) is 0. The van der Waals surface area contributed by atoms with Gasteiger partial charge in [0.25, 0.3) is 0 Å². The predicted octanol–water partition coefficient (Wildman–Crippen LogP) is 3.14. The van der Waals surface area contributed by atoms with E-state index in [0.717, 1.165) is 11.3 Å². The number of rotatable bonds is 1. The van der Waals surface area contributed by atoms with Gasteiger partial charge in [0, 0.05) is 5.56 Å². The van der Waals surface area contributed by atoms with Crippen LogP contribution in [-0.4, -0.2) is 9.78 Å². The Morgan fingerprint density at radius 1 is 1.14 bits per heavy atom. The van der Waals surface area contributed by atoms with E-state index in [9.17, 15) is 0 Å². The zero-order valence-electron chi connectivity index (χ0n) is 8.16. The molecule has 1 heterocycles. The van der Waals surface area contributed by atoms with Crippen molar-refractivity contribution in [2.75, 3.05) is 0 Å². The van der Waals surface area contributed by atoms with E-state index in [0.29, 0.717) is 5.15 Å². The third kappa shape index (κ3) is 1.53. The largest absolute Gasteiger partial charge is 0.222 e. The van der Waals surface area contributed by atoms with Crippen LogP contribution in [0.3, 0.4) is 0 Å². The second-order valence-electron chi connectivity index (χ2n) is 3.37. The van der Waals surface area contributed by atoms with Crippen molar-refractivity contribution < 1.29 is 0 Å². The number of halogens is 1. The maximum absolute atomic E-state index is 6.08. The molecule has 0 saturated carbocycles. The van der Waals surface area contributed by atoms with Crippen LogP contribution in [0, 0.1) is 13.8 Å². The standard InChI is InChI=1S/C11H11ClN2/c1-8-3-5-10(6-4-8)14-11(12)9(2)7-13-14/h3-7H,1-2H3. The summed E-state index contributed by atoms with van der Waals surface area (Å²) in [4.78, 5) is 0. The van der Waals surface area contributed by atoms with E-state index >= 15 is 0 Å². The van der Waals surface area contributed by atoms with Crippen LogP contribution in [0.15, 0.2) is 30.5 Å². The van der Waals surface area contributed by atoms with Gasteiger partial charge in [-0.05, 0) is 26.0 Å². The maximum atomic E-state index is 6.08. The van der Waals surface area contributed by atoms with Gasteiger partial charge in [-0.2, -0.15) is 5.10 Å². The minimum atomic E-state index is 0.675. The van der Waals surface area contributed by atoms with Crippen LogP contribution in [-0.2, 0) is 0 Å². The lowest BCUT2D eigenvalue weighted by Gasteiger charge is -2.03. The summed E-state index contributed by atoms with van der Waals surface area (Å²) in [6, 6.07) is 8.10. The molecule has 0 saturated heterocycles. The third-order valence-electron chi connectivity index (χ3n) is 2.16. The van der Waals surface area contributed by atoms with Gasteiger partial charge in [-0.15, -0.1) is 0 Å². The Balaban J connectivity index is 2.49. The molecule has 2 aromatic rings. The Morgan fingerprint density at radius 3 is 2.29 bits per heavy atom. The molecule has 0 unspecified atom stereocenters. The molecule has 0 fully saturated rings. The summed E-state index contributed by atoms with van der Waals surface area (Å²) in [5, 5.41) is 4.87. The fourth-order valence-electron chi connectivity index (χ4n) is 1.28. The van der Waals surface area contributed by atoms with Gasteiger partial charge in [0.15, 0.2) is 0 Å². The molecule has 2 rings (SSSR count). The van der Waals surface area contributed by atoms with Crippen molar-refractivity contribution >= 4 is 11.6 Å². The second-order valence-corrected chi connectivity index (χ2v) is 3.72. The van der Waals surface area contributed by atoms with E-state index in [1.807, 2.05) is 31.2 Å². The van der Waals surface area contributed by atoms with Crippen molar-refractivity contribution in [2.45, 2.75) is 13.8 Å². The van der Waals surface area contributed by atoms with Crippen molar-refractivity contribution in [1.82, 2.24) is 9.78 Å². The Bertz CT molecular complexity index is 443. The van der Waals surface area contributed by atoms with Gasteiger partial charge in [-0.3, -0.25) is 0 Å². The molecule has 1 aromatic heterocycles. The van der Waals surface area contributed by atoms with Gasteiger partial charge in [-0.1, -0.05) is 29.3 Å². The molecule has 72 valence electrons. The first-order valence-corrected chi connectivity index (χ1v) is 4.83. The van der Waals surface area contributed by atoms with Gasteiger partial charge >= 0.3 is 0 Å². The summed E-state index contributed by atoms with van der Waals surface area (Å²) < 4.78 is 1.73. The molecule has 14 heavy (non-hydrogen) atoms. The Labute approximate surface area is 88.1 Å². The van der Waals surface area contributed by atoms with Crippen molar-refractivity contribution in [3.05, 3.63) is 46.7 Å². The second kappa shape index (κ2) is 3.46. The van der Waals surface area contributed by atoms with Crippen LogP contribution in [0.1, 0.15) is 11.1 Å². The zero-order valence-corrected chi connectivity index (χ0v) is 8.92. The fraction of sp³-hybridized carbons (Fsp3) is 0.182. The van der Waals surface area contributed by atoms with Crippen LogP contribution >= 0.6 is 11.6 Å². The van der Waals surface area contributed by atoms with Crippen LogP contribution in [0.25, 0.3) is 5.69 Å².